The second-order valence-electron chi connectivity index (χ2n) is 9.75. The minimum absolute atomic E-state index is 0.114. The van der Waals surface area contributed by atoms with Crippen LogP contribution in [-0.4, -0.2) is 50.0 Å². The summed E-state index contributed by atoms with van der Waals surface area (Å²) in [6.45, 7) is 5.23. The van der Waals surface area contributed by atoms with Crippen molar-refractivity contribution in [1.82, 2.24) is 10.2 Å². The van der Waals surface area contributed by atoms with E-state index in [1.54, 1.807) is 0 Å². The molecule has 208 valence electrons. The molecule has 1 atom stereocenters. The Hall–Kier alpha value is -3.07. The maximum absolute atomic E-state index is 14.0. The van der Waals surface area contributed by atoms with Crippen molar-refractivity contribution in [3.8, 4) is 0 Å². The van der Waals surface area contributed by atoms with Crippen molar-refractivity contribution in [3.63, 3.8) is 0 Å². The summed E-state index contributed by atoms with van der Waals surface area (Å²) in [7, 11) is -3.90. The SMILES string of the molecule is Cc1cccc(CN(C(=O)CN(c2ccc(Cl)c(Cl)c2)S(C)(=O)=O)[C@@H](Cc2ccccc2)C(=O)NC(C)C)c1. The van der Waals surface area contributed by atoms with E-state index in [1.165, 1.54) is 23.1 Å². The monoisotopic (exact) mass is 589 g/mol. The second kappa shape index (κ2) is 13.3. The van der Waals surface area contributed by atoms with E-state index in [1.807, 2.05) is 75.4 Å². The fourth-order valence-corrected chi connectivity index (χ4v) is 5.33. The van der Waals surface area contributed by atoms with Gasteiger partial charge in [0.15, 0.2) is 0 Å². The number of anilines is 1. The number of benzene rings is 3. The van der Waals surface area contributed by atoms with Crippen LogP contribution in [0.4, 0.5) is 5.69 Å². The van der Waals surface area contributed by atoms with Crippen LogP contribution >= 0.6 is 23.2 Å². The Bertz CT molecular complexity index is 1420. The number of amides is 2. The number of aryl methyl sites for hydroxylation is 1. The van der Waals surface area contributed by atoms with Crippen LogP contribution in [0, 0.1) is 6.92 Å². The lowest BCUT2D eigenvalue weighted by Gasteiger charge is -2.34. The first-order valence-electron chi connectivity index (χ1n) is 12.5. The van der Waals surface area contributed by atoms with Crippen molar-refractivity contribution in [2.75, 3.05) is 17.1 Å². The summed E-state index contributed by atoms with van der Waals surface area (Å²) in [5.74, 6) is -0.858. The summed E-state index contributed by atoms with van der Waals surface area (Å²) in [5.41, 5.74) is 2.88. The molecule has 0 saturated carbocycles. The van der Waals surface area contributed by atoms with E-state index in [9.17, 15) is 18.0 Å². The van der Waals surface area contributed by atoms with Gasteiger partial charge >= 0.3 is 0 Å². The third-order valence-corrected chi connectivity index (χ3v) is 7.89. The molecule has 0 unspecified atom stereocenters. The van der Waals surface area contributed by atoms with Gasteiger partial charge in [0.2, 0.25) is 21.8 Å². The Morgan fingerprint density at radius 2 is 1.56 bits per heavy atom. The van der Waals surface area contributed by atoms with Crippen molar-refractivity contribution >= 4 is 50.7 Å². The molecule has 10 heteroatoms. The molecule has 39 heavy (non-hydrogen) atoms. The summed E-state index contributed by atoms with van der Waals surface area (Å²) in [4.78, 5) is 29.0. The van der Waals surface area contributed by atoms with E-state index in [0.717, 1.165) is 27.3 Å². The van der Waals surface area contributed by atoms with Crippen LogP contribution in [0.3, 0.4) is 0 Å². The zero-order valence-electron chi connectivity index (χ0n) is 22.4. The Kier molecular flexibility index (Phi) is 10.4. The highest BCUT2D eigenvalue weighted by molar-refractivity contribution is 7.92. The fraction of sp³-hybridized carbons (Fsp3) is 0.310. The second-order valence-corrected chi connectivity index (χ2v) is 12.5. The summed E-state index contributed by atoms with van der Waals surface area (Å²) in [6, 6.07) is 20.4. The van der Waals surface area contributed by atoms with Crippen molar-refractivity contribution in [1.29, 1.82) is 0 Å². The lowest BCUT2D eigenvalue weighted by atomic mass is 10.0. The average molecular weight is 591 g/mol. The molecular formula is C29H33Cl2N3O4S. The van der Waals surface area contributed by atoms with Gasteiger partial charge in [0.1, 0.15) is 12.6 Å². The zero-order valence-corrected chi connectivity index (χ0v) is 24.7. The largest absolute Gasteiger partial charge is 0.352 e. The number of hydrogen-bond donors (Lipinski definition) is 1. The molecule has 1 N–H and O–H groups in total. The van der Waals surface area contributed by atoms with Crippen molar-refractivity contribution in [3.05, 3.63) is 99.5 Å². The highest BCUT2D eigenvalue weighted by Gasteiger charge is 2.33. The van der Waals surface area contributed by atoms with E-state index in [4.69, 9.17) is 23.2 Å². The van der Waals surface area contributed by atoms with Gasteiger partial charge in [-0.15, -0.1) is 0 Å². The first-order valence-corrected chi connectivity index (χ1v) is 15.1. The van der Waals surface area contributed by atoms with Crippen LogP contribution in [0.1, 0.15) is 30.5 Å². The van der Waals surface area contributed by atoms with E-state index in [0.29, 0.717) is 0 Å². The molecular weight excluding hydrogens is 557 g/mol. The number of carbonyl (C=O) groups is 2. The fourth-order valence-electron chi connectivity index (χ4n) is 4.20. The van der Waals surface area contributed by atoms with Crippen LogP contribution in [0.5, 0.6) is 0 Å². The molecule has 3 aromatic rings. The van der Waals surface area contributed by atoms with Gasteiger partial charge in [0.25, 0.3) is 0 Å². The molecule has 0 bridgehead atoms. The molecule has 0 aliphatic rings. The smallest absolute Gasteiger partial charge is 0.244 e. The lowest BCUT2D eigenvalue weighted by molar-refractivity contribution is -0.140. The van der Waals surface area contributed by atoms with E-state index >= 15 is 0 Å². The van der Waals surface area contributed by atoms with Gasteiger partial charge in [-0.1, -0.05) is 83.4 Å². The van der Waals surface area contributed by atoms with Gasteiger partial charge in [-0.2, -0.15) is 0 Å². The molecule has 0 spiro atoms. The predicted octanol–water partition coefficient (Wildman–Crippen LogP) is 5.23. The predicted molar refractivity (Wildman–Crippen MR) is 158 cm³/mol. The Morgan fingerprint density at radius 3 is 2.15 bits per heavy atom. The van der Waals surface area contributed by atoms with Crippen LogP contribution in [-0.2, 0) is 32.6 Å². The minimum Gasteiger partial charge on any atom is -0.352 e. The summed E-state index contributed by atoms with van der Waals surface area (Å²) >= 11 is 12.2. The average Bonchev–Trinajstić information content (AvgIpc) is 2.86. The summed E-state index contributed by atoms with van der Waals surface area (Å²) in [5, 5.41) is 3.34. The van der Waals surface area contributed by atoms with E-state index < -0.39 is 28.5 Å². The Balaban J connectivity index is 2.07. The molecule has 0 saturated heterocycles. The molecule has 3 aromatic carbocycles. The third-order valence-electron chi connectivity index (χ3n) is 6.01. The highest BCUT2D eigenvalue weighted by atomic mass is 35.5. The molecule has 7 nitrogen and oxygen atoms in total. The molecule has 2 amide bonds. The van der Waals surface area contributed by atoms with Crippen LogP contribution in [0.2, 0.25) is 10.0 Å². The molecule has 0 radical (unpaired) electrons. The van der Waals surface area contributed by atoms with Gasteiger partial charge in [-0.25, -0.2) is 8.42 Å². The number of rotatable bonds is 11. The lowest BCUT2D eigenvalue weighted by Crippen LogP contribution is -2.54. The van der Waals surface area contributed by atoms with Crippen LogP contribution in [0.15, 0.2) is 72.8 Å². The maximum atomic E-state index is 14.0. The van der Waals surface area contributed by atoms with Crippen LogP contribution < -0.4 is 9.62 Å². The number of hydrogen-bond acceptors (Lipinski definition) is 4. The van der Waals surface area contributed by atoms with Gasteiger partial charge in [-0.05, 0) is 50.1 Å². The number of nitrogens with one attached hydrogen (secondary N) is 1. The van der Waals surface area contributed by atoms with Gasteiger partial charge in [0.05, 0.1) is 22.0 Å². The Labute approximate surface area is 240 Å². The molecule has 0 aromatic heterocycles. The van der Waals surface area contributed by atoms with Gasteiger partial charge in [-0.3, -0.25) is 13.9 Å². The standard InChI is InChI=1S/C29H33Cl2N3O4S/c1-20(2)32-29(36)27(16-22-10-6-5-7-11-22)33(18-23-12-8-9-21(3)15-23)28(35)19-34(39(4,37)38)24-13-14-25(30)26(31)17-24/h5-15,17,20,27H,16,18-19H2,1-4H3,(H,32,36)/t27-/m0/s1. The number of halogens is 2. The van der Waals surface area contributed by atoms with E-state index in [2.05, 4.69) is 5.32 Å². The topological polar surface area (TPSA) is 86.8 Å². The zero-order chi connectivity index (χ0) is 28.7. The first kappa shape index (κ1) is 30.5. The van der Waals surface area contributed by atoms with Gasteiger partial charge in [0, 0.05) is 19.0 Å². The third kappa shape index (κ3) is 8.71. The molecule has 0 aliphatic heterocycles. The number of carbonyl (C=O) groups excluding carboxylic acids is 2. The molecule has 0 fully saturated rings. The Morgan fingerprint density at radius 1 is 0.897 bits per heavy atom. The van der Waals surface area contributed by atoms with Crippen LogP contribution in [0.25, 0.3) is 0 Å². The highest BCUT2D eigenvalue weighted by Crippen LogP contribution is 2.29. The minimum atomic E-state index is -3.90. The number of nitrogens with zero attached hydrogens (tertiary/aromatic N) is 2. The van der Waals surface area contributed by atoms with Gasteiger partial charge < -0.3 is 10.2 Å². The molecule has 0 heterocycles. The van der Waals surface area contributed by atoms with E-state index in [-0.39, 0.29) is 40.6 Å². The summed E-state index contributed by atoms with van der Waals surface area (Å²) < 4.78 is 26.6. The van der Waals surface area contributed by atoms with Crippen molar-refractivity contribution < 1.29 is 18.0 Å². The molecule has 3 rings (SSSR count). The first-order chi connectivity index (χ1) is 18.3. The summed E-state index contributed by atoms with van der Waals surface area (Å²) in [6.07, 6.45) is 1.27. The van der Waals surface area contributed by atoms with Crippen molar-refractivity contribution in [2.24, 2.45) is 0 Å². The molecule has 0 aliphatic carbocycles. The maximum Gasteiger partial charge on any atom is 0.244 e. The van der Waals surface area contributed by atoms with Crippen molar-refractivity contribution in [2.45, 2.75) is 45.8 Å². The number of sulfonamides is 1. The quantitative estimate of drug-likeness (QED) is 0.331. The normalized spacial score (nSPS) is 12.2.